The van der Waals surface area contributed by atoms with Crippen LogP contribution < -0.4 is 11.3 Å². The summed E-state index contributed by atoms with van der Waals surface area (Å²) in [5.74, 6) is 4.90. The summed E-state index contributed by atoms with van der Waals surface area (Å²) in [6, 6.07) is 0. The first kappa shape index (κ1) is 14.4. The van der Waals surface area contributed by atoms with E-state index >= 15 is 0 Å². The van der Waals surface area contributed by atoms with Gasteiger partial charge in [0.15, 0.2) is 0 Å². The number of hydrogen-bond donors (Lipinski definition) is 2. The van der Waals surface area contributed by atoms with Crippen LogP contribution >= 0.6 is 0 Å². The van der Waals surface area contributed by atoms with Gasteiger partial charge in [-0.1, -0.05) is 0 Å². The van der Waals surface area contributed by atoms with E-state index in [4.69, 9.17) is 15.3 Å². The van der Waals surface area contributed by atoms with Crippen LogP contribution in [0.3, 0.4) is 0 Å². The highest BCUT2D eigenvalue weighted by Gasteiger charge is 2.32. The fraction of sp³-hybridized carbons (Fsp3) is 0.909. The Hall–Kier alpha value is -0.690. The van der Waals surface area contributed by atoms with Gasteiger partial charge in [-0.05, 0) is 19.4 Å². The Labute approximate surface area is 102 Å². The van der Waals surface area contributed by atoms with Crippen molar-refractivity contribution in [2.45, 2.75) is 31.5 Å². The minimum Gasteiger partial charge on any atom is -0.377 e. The van der Waals surface area contributed by atoms with E-state index in [1.165, 1.54) is 0 Å². The Bertz CT molecular complexity index is 226. The van der Waals surface area contributed by atoms with Crippen molar-refractivity contribution in [3.05, 3.63) is 0 Å². The monoisotopic (exact) mass is 245 g/mol. The summed E-state index contributed by atoms with van der Waals surface area (Å²) in [7, 11) is 3.43. The molecule has 1 heterocycles. The van der Waals surface area contributed by atoms with Crippen molar-refractivity contribution < 1.29 is 14.3 Å². The molecule has 0 aliphatic carbocycles. The molecule has 100 valence electrons. The smallest absolute Gasteiger partial charge is 0.233 e. The summed E-state index contributed by atoms with van der Waals surface area (Å²) < 4.78 is 10.7. The molecule has 1 aliphatic heterocycles. The van der Waals surface area contributed by atoms with E-state index in [1.54, 1.807) is 14.2 Å². The summed E-state index contributed by atoms with van der Waals surface area (Å²) in [4.78, 5) is 13.2. The largest absolute Gasteiger partial charge is 0.377 e. The number of hydrogen-bond acceptors (Lipinski definition) is 5. The van der Waals surface area contributed by atoms with Gasteiger partial charge in [-0.15, -0.1) is 0 Å². The van der Waals surface area contributed by atoms with Gasteiger partial charge < -0.3 is 9.47 Å². The summed E-state index contributed by atoms with van der Waals surface area (Å²) in [6.07, 6.45) is 2.65. The SMILES string of the molecule is COC1CN(CCCCC(=O)NN)CC1OC. The van der Waals surface area contributed by atoms with Crippen molar-refractivity contribution in [2.24, 2.45) is 5.84 Å². The molecule has 0 spiro atoms. The molecule has 0 saturated carbocycles. The molecule has 0 bridgehead atoms. The van der Waals surface area contributed by atoms with Gasteiger partial charge >= 0.3 is 0 Å². The quantitative estimate of drug-likeness (QED) is 0.273. The van der Waals surface area contributed by atoms with Crippen LogP contribution in [0.5, 0.6) is 0 Å². The molecule has 0 aromatic heterocycles. The maximum atomic E-state index is 10.9. The molecular formula is C11H23N3O3. The lowest BCUT2D eigenvalue weighted by Crippen LogP contribution is -2.30. The van der Waals surface area contributed by atoms with Crippen LogP contribution in [0.1, 0.15) is 19.3 Å². The summed E-state index contributed by atoms with van der Waals surface area (Å²) in [5, 5.41) is 0. The second-order valence-corrected chi connectivity index (χ2v) is 4.33. The predicted molar refractivity (Wildman–Crippen MR) is 64.2 cm³/mol. The van der Waals surface area contributed by atoms with Gasteiger partial charge in [0.2, 0.25) is 5.91 Å². The lowest BCUT2D eigenvalue weighted by atomic mass is 10.2. The van der Waals surface area contributed by atoms with E-state index in [9.17, 15) is 4.79 Å². The number of nitrogens with two attached hydrogens (primary N) is 1. The highest BCUT2D eigenvalue weighted by atomic mass is 16.5. The molecule has 2 unspecified atom stereocenters. The lowest BCUT2D eigenvalue weighted by molar-refractivity contribution is -0.121. The van der Waals surface area contributed by atoms with E-state index in [0.29, 0.717) is 6.42 Å². The Kier molecular flexibility index (Phi) is 6.43. The number of carbonyl (C=O) groups is 1. The standard InChI is InChI=1S/C11H23N3O3/c1-16-9-7-14(8-10(9)17-2)6-4-3-5-11(15)13-12/h9-10H,3-8,12H2,1-2H3,(H,13,15). The van der Waals surface area contributed by atoms with E-state index in [-0.39, 0.29) is 18.1 Å². The van der Waals surface area contributed by atoms with Gasteiger partial charge in [-0.2, -0.15) is 0 Å². The number of nitrogens with zero attached hydrogens (tertiary/aromatic N) is 1. The van der Waals surface area contributed by atoms with Gasteiger partial charge in [0.05, 0.1) is 12.2 Å². The first-order chi connectivity index (χ1) is 8.21. The molecule has 3 N–H and O–H groups in total. The summed E-state index contributed by atoms with van der Waals surface area (Å²) in [5.41, 5.74) is 2.13. The molecule has 0 radical (unpaired) electrons. The minimum atomic E-state index is -0.101. The highest BCUT2D eigenvalue weighted by Crippen LogP contribution is 2.16. The zero-order chi connectivity index (χ0) is 12.7. The van der Waals surface area contributed by atoms with Gasteiger partial charge in [0.25, 0.3) is 0 Å². The van der Waals surface area contributed by atoms with Crippen molar-refractivity contribution in [3.63, 3.8) is 0 Å². The average molecular weight is 245 g/mol. The Morgan fingerprint density at radius 2 is 1.88 bits per heavy atom. The second kappa shape index (κ2) is 7.60. The number of rotatable bonds is 7. The second-order valence-electron chi connectivity index (χ2n) is 4.33. The zero-order valence-corrected chi connectivity index (χ0v) is 10.6. The first-order valence-corrected chi connectivity index (χ1v) is 5.98. The van der Waals surface area contributed by atoms with Crippen LogP contribution in [0.4, 0.5) is 0 Å². The normalized spacial score (nSPS) is 25.1. The van der Waals surface area contributed by atoms with Crippen LogP contribution in [-0.4, -0.2) is 56.9 Å². The fourth-order valence-electron chi connectivity index (χ4n) is 2.15. The van der Waals surface area contributed by atoms with Crippen LogP contribution in [0.15, 0.2) is 0 Å². The number of carbonyl (C=O) groups excluding carboxylic acids is 1. The third-order valence-corrected chi connectivity index (χ3v) is 3.19. The lowest BCUT2D eigenvalue weighted by Gasteiger charge is -2.14. The van der Waals surface area contributed by atoms with Crippen molar-refractivity contribution in [2.75, 3.05) is 33.9 Å². The maximum absolute atomic E-state index is 10.9. The van der Waals surface area contributed by atoms with E-state index in [1.807, 2.05) is 0 Å². The molecule has 1 amide bonds. The van der Waals surface area contributed by atoms with E-state index < -0.39 is 0 Å². The molecule has 0 aromatic carbocycles. The van der Waals surface area contributed by atoms with E-state index in [0.717, 1.165) is 32.5 Å². The third kappa shape index (κ3) is 4.59. The zero-order valence-electron chi connectivity index (χ0n) is 10.6. The molecule has 1 saturated heterocycles. The third-order valence-electron chi connectivity index (χ3n) is 3.19. The topological polar surface area (TPSA) is 76.8 Å². The van der Waals surface area contributed by atoms with Crippen molar-refractivity contribution in [1.29, 1.82) is 0 Å². The van der Waals surface area contributed by atoms with Gasteiger partial charge in [0, 0.05) is 33.7 Å². The summed E-state index contributed by atoms with van der Waals surface area (Å²) >= 11 is 0. The number of methoxy groups -OCH3 is 2. The number of hydrazine groups is 1. The highest BCUT2D eigenvalue weighted by molar-refractivity contribution is 5.75. The van der Waals surface area contributed by atoms with Gasteiger partial charge in [0.1, 0.15) is 0 Å². The van der Waals surface area contributed by atoms with Crippen LogP contribution in [-0.2, 0) is 14.3 Å². The first-order valence-electron chi connectivity index (χ1n) is 5.98. The molecular weight excluding hydrogens is 222 g/mol. The number of nitrogens with one attached hydrogen (secondary N) is 1. The van der Waals surface area contributed by atoms with Crippen LogP contribution in [0.2, 0.25) is 0 Å². The molecule has 1 aliphatic rings. The Morgan fingerprint density at radius 1 is 1.29 bits per heavy atom. The Balaban J connectivity index is 2.14. The molecule has 1 fully saturated rings. The summed E-state index contributed by atoms with van der Waals surface area (Å²) in [6.45, 7) is 2.77. The van der Waals surface area contributed by atoms with Gasteiger partial charge in [-0.25, -0.2) is 5.84 Å². The molecule has 6 nitrogen and oxygen atoms in total. The Morgan fingerprint density at radius 3 is 2.35 bits per heavy atom. The predicted octanol–water partition coefficient (Wildman–Crippen LogP) is -0.508. The minimum absolute atomic E-state index is 0.101. The van der Waals surface area contributed by atoms with Gasteiger partial charge in [-0.3, -0.25) is 15.1 Å². The molecule has 0 aromatic rings. The molecule has 6 heteroatoms. The maximum Gasteiger partial charge on any atom is 0.233 e. The number of unbranched alkanes of at least 4 members (excludes halogenated alkanes) is 1. The number of ether oxygens (including phenoxy) is 2. The fourth-order valence-corrected chi connectivity index (χ4v) is 2.15. The number of likely N-dealkylation sites (tertiary alicyclic amines) is 1. The van der Waals surface area contributed by atoms with Crippen molar-refractivity contribution in [1.82, 2.24) is 10.3 Å². The van der Waals surface area contributed by atoms with Crippen LogP contribution in [0.25, 0.3) is 0 Å². The number of amides is 1. The molecule has 2 atom stereocenters. The van der Waals surface area contributed by atoms with Crippen LogP contribution in [0, 0.1) is 0 Å². The van der Waals surface area contributed by atoms with E-state index in [2.05, 4.69) is 10.3 Å². The molecule has 17 heavy (non-hydrogen) atoms. The molecule has 1 rings (SSSR count). The van der Waals surface area contributed by atoms with Crippen molar-refractivity contribution >= 4 is 5.91 Å². The average Bonchev–Trinajstić information content (AvgIpc) is 2.76. The van der Waals surface area contributed by atoms with Crippen molar-refractivity contribution in [3.8, 4) is 0 Å².